The first-order valence-corrected chi connectivity index (χ1v) is 12.8. The van der Waals surface area contributed by atoms with Crippen LogP contribution < -0.4 is 15.5 Å². The fraction of sp³-hybridized carbons (Fsp3) is 0.100. The molecule has 0 aliphatic heterocycles. The average Bonchev–Trinajstić information content (AvgIpc) is 3.37. The number of nitrogens with zero attached hydrogens (tertiary/aromatic N) is 2. The lowest BCUT2D eigenvalue weighted by Gasteiger charge is -2.16. The van der Waals surface area contributed by atoms with Crippen LogP contribution in [0.3, 0.4) is 0 Å². The van der Waals surface area contributed by atoms with Crippen LogP contribution in [0.4, 0.5) is 18.9 Å². The lowest BCUT2D eigenvalue weighted by Crippen LogP contribution is -2.24. The van der Waals surface area contributed by atoms with Crippen LogP contribution in [-0.4, -0.2) is 22.8 Å². The van der Waals surface area contributed by atoms with Crippen molar-refractivity contribution in [1.29, 1.82) is 0 Å². The largest absolute Gasteiger partial charge is 0.573 e. The summed E-state index contributed by atoms with van der Waals surface area (Å²) in [7, 11) is 0. The fourth-order valence-corrected chi connectivity index (χ4v) is 4.99. The zero-order valence-corrected chi connectivity index (χ0v) is 21.6. The number of anilines is 1. The van der Waals surface area contributed by atoms with Crippen molar-refractivity contribution in [3.8, 4) is 28.3 Å². The van der Waals surface area contributed by atoms with Gasteiger partial charge in [0.25, 0.3) is 0 Å². The van der Waals surface area contributed by atoms with Crippen LogP contribution in [-0.2, 0) is 12.8 Å². The molecule has 0 unspecified atom stereocenters. The minimum atomic E-state index is -4.74. The van der Waals surface area contributed by atoms with Gasteiger partial charge in [0.05, 0.1) is 6.21 Å². The van der Waals surface area contributed by atoms with Gasteiger partial charge in [-0.15, -0.1) is 13.2 Å². The quantitative estimate of drug-likeness (QED) is 0.132. The molecular weight excluding hydrogens is 537 g/mol. The fourth-order valence-electron chi connectivity index (χ4n) is 4.83. The summed E-state index contributed by atoms with van der Waals surface area (Å²) in [5.41, 5.74) is 9.00. The van der Waals surface area contributed by atoms with E-state index in [0.717, 1.165) is 50.8 Å². The molecule has 0 saturated heterocycles. The molecular formula is C30H21F3N4O2S. The SMILES string of the molecule is FC(F)(F)Oc1ccc(-c2onc3c2CCc2cc(C=NNC(=S)Nc4cccc5ccccc45)ccc2-3)cc1. The average molecular weight is 559 g/mol. The minimum Gasteiger partial charge on any atom is -0.406 e. The lowest BCUT2D eigenvalue weighted by molar-refractivity contribution is -0.274. The van der Waals surface area contributed by atoms with Crippen LogP contribution in [0.1, 0.15) is 16.7 Å². The number of halogens is 3. The summed E-state index contributed by atoms with van der Waals surface area (Å²) in [4.78, 5) is 0. The summed E-state index contributed by atoms with van der Waals surface area (Å²) in [6, 6.07) is 25.5. The van der Waals surface area contributed by atoms with Crippen molar-refractivity contribution in [1.82, 2.24) is 10.6 Å². The number of hydrogen-bond donors (Lipinski definition) is 2. The normalized spacial score (nSPS) is 12.7. The Labute approximate surface area is 232 Å². The summed E-state index contributed by atoms with van der Waals surface area (Å²) in [6.07, 6.45) is -1.61. The Bertz CT molecular complexity index is 1740. The summed E-state index contributed by atoms with van der Waals surface area (Å²) >= 11 is 5.42. The highest BCUT2D eigenvalue weighted by Gasteiger charge is 2.31. The number of nitrogens with one attached hydrogen (secondary N) is 2. The highest BCUT2D eigenvalue weighted by Crippen LogP contribution is 2.39. The predicted octanol–water partition coefficient (Wildman–Crippen LogP) is 7.48. The highest BCUT2D eigenvalue weighted by atomic mass is 32.1. The molecule has 6 nitrogen and oxygen atoms in total. The molecule has 0 fully saturated rings. The van der Waals surface area contributed by atoms with E-state index in [2.05, 4.69) is 25.7 Å². The molecule has 0 atom stereocenters. The zero-order valence-electron chi connectivity index (χ0n) is 20.8. The number of rotatable bonds is 5. The molecule has 6 rings (SSSR count). The smallest absolute Gasteiger partial charge is 0.406 e. The van der Waals surface area contributed by atoms with Crippen molar-refractivity contribution >= 4 is 40.0 Å². The molecule has 40 heavy (non-hydrogen) atoms. The standard InChI is InChI=1S/C30H21F3N4O2S/c31-30(32,33)38-22-12-9-20(10-13-22)28-25-15-11-21-16-18(8-14-24(21)27(25)37-39-28)17-34-36-29(40)35-26-7-3-5-19-4-1-2-6-23(19)26/h1-10,12-14,16-17H,11,15H2,(H2,35,36,40). The van der Waals surface area contributed by atoms with Gasteiger partial charge in [-0.3, -0.25) is 5.43 Å². The molecule has 0 bridgehead atoms. The Morgan fingerprint density at radius 3 is 2.60 bits per heavy atom. The summed E-state index contributed by atoms with van der Waals surface area (Å²) < 4.78 is 47.0. The van der Waals surface area contributed by atoms with Crippen molar-refractivity contribution in [2.45, 2.75) is 19.2 Å². The first kappa shape index (κ1) is 25.6. The van der Waals surface area contributed by atoms with Crippen molar-refractivity contribution in [2.24, 2.45) is 5.10 Å². The summed E-state index contributed by atoms with van der Waals surface area (Å²) in [5, 5.41) is 14.3. The van der Waals surface area contributed by atoms with E-state index in [-0.39, 0.29) is 5.75 Å². The topological polar surface area (TPSA) is 71.7 Å². The second-order valence-corrected chi connectivity index (χ2v) is 9.59. The number of aromatic nitrogens is 1. The molecule has 0 saturated carbocycles. The molecule has 0 radical (unpaired) electrons. The third-order valence-corrected chi connectivity index (χ3v) is 6.78. The minimum absolute atomic E-state index is 0.288. The van der Waals surface area contributed by atoms with Crippen molar-refractivity contribution in [3.05, 3.63) is 102 Å². The van der Waals surface area contributed by atoms with E-state index < -0.39 is 6.36 Å². The summed E-state index contributed by atoms with van der Waals surface area (Å²) in [6.45, 7) is 0. The number of hydrazone groups is 1. The number of thiocarbonyl (C=S) groups is 1. The number of aryl methyl sites for hydroxylation is 1. The second-order valence-electron chi connectivity index (χ2n) is 9.18. The van der Waals surface area contributed by atoms with Gasteiger partial charge in [-0.25, -0.2) is 0 Å². The number of fused-ring (bicyclic) bond motifs is 4. The van der Waals surface area contributed by atoms with Crippen LogP contribution in [0.25, 0.3) is 33.4 Å². The van der Waals surface area contributed by atoms with Gasteiger partial charge < -0.3 is 14.6 Å². The molecule has 10 heteroatoms. The number of hydrogen-bond acceptors (Lipinski definition) is 5. The molecule has 200 valence electrons. The number of alkyl halides is 3. The molecule has 0 amide bonds. The maximum Gasteiger partial charge on any atom is 0.573 e. The van der Waals surface area contributed by atoms with Crippen molar-refractivity contribution in [3.63, 3.8) is 0 Å². The van der Waals surface area contributed by atoms with Crippen LogP contribution in [0.2, 0.25) is 0 Å². The van der Waals surface area contributed by atoms with E-state index in [1.807, 2.05) is 60.7 Å². The first-order chi connectivity index (χ1) is 19.3. The van der Waals surface area contributed by atoms with Gasteiger partial charge in [0.1, 0.15) is 11.4 Å². The Hall–Kier alpha value is -4.70. The van der Waals surface area contributed by atoms with E-state index in [1.54, 1.807) is 6.21 Å². The molecule has 4 aromatic carbocycles. The maximum atomic E-state index is 12.5. The van der Waals surface area contributed by atoms with E-state index in [9.17, 15) is 13.2 Å². The molecule has 1 aliphatic rings. The van der Waals surface area contributed by atoms with E-state index in [1.165, 1.54) is 24.3 Å². The van der Waals surface area contributed by atoms with Crippen molar-refractivity contribution < 1.29 is 22.4 Å². The van der Waals surface area contributed by atoms with Gasteiger partial charge in [-0.05, 0) is 78.0 Å². The Kier molecular flexibility index (Phi) is 6.69. The molecule has 5 aromatic rings. The predicted molar refractivity (Wildman–Crippen MR) is 152 cm³/mol. The van der Waals surface area contributed by atoms with Crippen molar-refractivity contribution in [2.75, 3.05) is 5.32 Å². The van der Waals surface area contributed by atoms with E-state index in [4.69, 9.17) is 16.7 Å². The lowest BCUT2D eigenvalue weighted by atomic mass is 9.87. The number of benzene rings is 4. The number of ether oxygens (including phenoxy) is 1. The molecule has 2 N–H and O–H groups in total. The van der Waals surface area contributed by atoms with Crippen LogP contribution >= 0.6 is 12.2 Å². The van der Waals surface area contributed by atoms with Gasteiger partial charge in [-0.2, -0.15) is 5.10 Å². The van der Waals surface area contributed by atoms with Gasteiger partial charge >= 0.3 is 6.36 Å². The van der Waals surface area contributed by atoms with Gasteiger partial charge in [0, 0.05) is 27.8 Å². The Balaban J connectivity index is 1.14. The van der Waals surface area contributed by atoms with Crippen LogP contribution in [0.15, 0.2) is 94.6 Å². The molecule has 1 aromatic heterocycles. The Morgan fingerprint density at radius 1 is 0.975 bits per heavy atom. The molecule has 0 spiro atoms. The summed E-state index contributed by atoms with van der Waals surface area (Å²) in [5.74, 6) is 0.255. The third-order valence-electron chi connectivity index (χ3n) is 6.58. The van der Waals surface area contributed by atoms with Gasteiger partial charge in [0.15, 0.2) is 10.9 Å². The van der Waals surface area contributed by atoms with Gasteiger partial charge in [0.2, 0.25) is 0 Å². The molecule has 1 heterocycles. The van der Waals surface area contributed by atoms with E-state index >= 15 is 0 Å². The maximum absolute atomic E-state index is 12.5. The van der Waals surface area contributed by atoms with E-state index in [0.29, 0.717) is 22.9 Å². The van der Waals surface area contributed by atoms with Gasteiger partial charge in [-0.1, -0.05) is 53.7 Å². The highest BCUT2D eigenvalue weighted by molar-refractivity contribution is 7.80. The second kappa shape index (κ2) is 10.5. The van der Waals surface area contributed by atoms with Crippen LogP contribution in [0, 0.1) is 0 Å². The van der Waals surface area contributed by atoms with Crippen LogP contribution in [0.5, 0.6) is 5.75 Å². The Morgan fingerprint density at radius 2 is 1.77 bits per heavy atom. The molecule has 1 aliphatic carbocycles. The monoisotopic (exact) mass is 558 g/mol. The zero-order chi connectivity index (χ0) is 27.7. The first-order valence-electron chi connectivity index (χ1n) is 12.4. The third kappa shape index (κ3) is 5.39.